The number of hydrogen-bond acceptors (Lipinski definition) is 5. The lowest BCUT2D eigenvalue weighted by atomic mass is 10.1. The highest BCUT2D eigenvalue weighted by Gasteiger charge is 2.23. The smallest absolute Gasteiger partial charge is 0.322 e. The first-order valence-corrected chi connectivity index (χ1v) is 9.38. The third kappa shape index (κ3) is 4.43. The van der Waals surface area contributed by atoms with E-state index >= 15 is 0 Å². The molecule has 0 spiro atoms. The van der Waals surface area contributed by atoms with Gasteiger partial charge in [0.25, 0.3) is 11.5 Å². The molecule has 3 rings (SSSR count). The molecule has 0 aliphatic heterocycles. The summed E-state index contributed by atoms with van der Waals surface area (Å²) < 4.78 is 7.08. The fourth-order valence-corrected chi connectivity index (χ4v) is 3.13. The number of carboxylic acids is 1. The molecule has 0 bridgehead atoms. The number of benzene rings is 2. The topological polar surface area (TPSA) is 118 Å². The zero-order valence-electron chi connectivity index (χ0n) is 16.6. The number of carboxylic acid groups (broad SMARTS) is 1. The molecule has 0 aliphatic carbocycles. The Balaban J connectivity index is 2.22. The Bertz CT molecular complexity index is 1150. The van der Waals surface area contributed by atoms with Crippen LogP contribution in [0.25, 0.3) is 10.9 Å². The summed E-state index contributed by atoms with van der Waals surface area (Å²) in [6.45, 7) is 3.22. The van der Waals surface area contributed by atoms with E-state index in [9.17, 15) is 19.5 Å². The number of fused-ring (bicyclic) bond motifs is 1. The highest BCUT2D eigenvalue weighted by molar-refractivity contribution is 6.03. The summed E-state index contributed by atoms with van der Waals surface area (Å²) >= 11 is 0. The number of ether oxygens (including phenoxy) is 1. The van der Waals surface area contributed by atoms with Crippen LogP contribution in [0.5, 0.6) is 11.5 Å². The fourth-order valence-electron chi connectivity index (χ4n) is 3.13. The molecule has 0 unspecified atom stereocenters. The molecule has 2 aromatic carbocycles. The molecular formula is C22H22N2O6. The molecule has 0 saturated carbocycles. The lowest BCUT2D eigenvalue weighted by molar-refractivity contribution is -0.135. The van der Waals surface area contributed by atoms with Gasteiger partial charge in [0.1, 0.15) is 23.6 Å². The lowest BCUT2D eigenvalue weighted by Gasteiger charge is -2.17. The van der Waals surface area contributed by atoms with Gasteiger partial charge in [0.15, 0.2) is 0 Å². The van der Waals surface area contributed by atoms with Crippen molar-refractivity contribution in [1.82, 2.24) is 9.88 Å². The number of aromatic nitrogens is 1. The van der Waals surface area contributed by atoms with Crippen molar-refractivity contribution in [1.29, 1.82) is 0 Å². The molecule has 0 radical (unpaired) electrons. The molecule has 1 aromatic heterocycles. The van der Waals surface area contributed by atoms with Crippen LogP contribution in [0, 0.1) is 0 Å². The van der Waals surface area contributed by atoms with Crippen LogP contribution >= 0.6 is 0 Å². The molecule has 156 valence electrons. The van der Waals surface area contributed by atoms with Gasteiger partial charge < -0.3 is 24.8 Å². The number of rotatable bonds is 7. The third-order valence-corrected chi connectivity index (χ3v) is 4.39. The van der Waals surface area contributed by atoms with Crippen LogP contribution in [0.1, 0.15) is 29.8 Å². The van der Waals surface area contributed by atoms with E-state index in [0.717, 1.165) is 5.56 Å². The van der Waals surface area contributed by atoms with Crippen LogP contribution in [0.3, 0.4) is 0 Å². The molecule has 0 atom stereocenters. The van der Waals surface area contributed by atoms with Gasteiger partial charge in [0.2, 0.25) is 0 Å². The van der Waals surface area contributed by atoms with Crippen LogP contribution in [0.2, 0.25) is 0 Å². The molecule has 30 heavy (non-hydrogen) atoms. The van der Waals surface area contributed by atoms with Crippen molar-refractivity contribution in [2.75, 3.05) is 6.54 Å². The Morgan fingerprint density at radius 3 is 2.47 bits per heavy atom. The lowest BCUT2D eigenvalue weighted by Crippen LogP contribution is -2.36. The van der Waals surface area contributed by atoms with E-state index in [-0.39, 0.29) is 18.0 Å². The summed E-state index contributed by atoms with van der Waals surface area (Å²) in [5.74, 6) is -2.20. The van der Waals surface area contributed by atoms with Crippen molar-refractivity contribution in [2.45, 2.75) is 26.5 Å². The van der Waals surface area contributed by atoms with Gasteiger partial charge in [-0.3, -0.25) is 14.4 Å². The molecule has 0 aliphatic rings. The first kappa shape index (κ1) is 20.9. The summed E-state index contributed by atoms with van der Waals surface area (Å²) in [4.78, 5) is 36.4. The maximum Gasteiger partial charge on any atom is 0.322 e. The minimum Gasteiger partial charge on any atom is -0.506 e. The SMILES string of the molecule is CC(C)Oc1ccc2c(O)c(C(=O)NCC(=O)O)c(=O)n(Cc3ccccc3)c2c1. The van der Waals surface area contributed by atoms with Gasteiger partial charge in [-0.15, -0.1) is 0 Å². The zero-order chi connectivity index (χ0) is 21.8. The van der Waals surface area contributed by atoms with Crippen LogP contribution in [-0.4, -0.2) is 39.3 Å². The maximum absolute atomic E-state index is 13.2. The van der Waals surface area contributed by atoms with E-state index in [1.54, 1.807) is 18.2 Å². The van der Waals surface area contributed by atoms with Crippen LogP contribution < -0.4 is 15.6 Å². The monoisotopic (exact) mass is 410 g/mol. The number of nitrogens with one attached hydrogen (secondary N) is 1. The summed E-state index contributed by atoms with van der Waals surface area (Å²) in [5.41, 5.74) is -0.0152. The Morgan fingerprint density at radius 2 is 1.83 bits per heavy atom. The van der Waals surface area contributed by atoms with Gasteiger partial charge in [-0.1, -0.05) is 30.3 Å². The molecule has 3 aromatic rings. The van der Waals surface area contributed by atoms with Gasteiger partial charge in [0.05, 0.1) is 18.2 Å². The average Bonchev–Trinajstić information content (AvgIpc) is 2.70. The molecule has 8 nitrogen and oxygen atoms in total. The van der Waals surface area contributed by atoms with Gasteiger partial charge in [0, 0.05) is 11.5 Å². The van der Waals surface area contributed by atoms with Gasteiger partial charge in [-0.25, -0.2) is 0 Å². The molecule has 3 N–H and O–H groups in total. The van der Waals surface area contributed by atoms with E-state index in [1.165, 1.54) is 4.57 Å². The number of carbonyl (C=O) groups excluding carboxylic acids is 1. The highest BCUT2D eigenvalue weighted by Crippen LogP contribution is 2.30. The fraction of sp³-hybridized carbons (Fsp3) is 0.227. The number of aliphatic carboxylic acids is 1. The predicted molar refractivity (Wildman–Crippen MR) is 111 cm³/mol. The number of hydrogen-bond donors (Lipinski definition) is 3. The summed E-state index contributed by atoms with van der Waals surface area (Å²) in [6.07, 6.45) is -0.0913. The highest BCUT2D eigenvalue weighted by atomic mass is 16.5. The number of pyridine rings is 1. The molecular weight excluding hydrogens is 388 g/mol. The second-order valence-electron chi connectivity index (χ2n) is 7.02. The summed E-state index contributed by atoms with van der Waals surface area (Å²) in [5, 5.41) is 21.9. The quantitative estimate of drug-likeness (QED) is 0.550. The standard InChI is InChI=1S/C22H22N2O6/c1-13(2)30-15-8-9-16-17(10-15)24(12-14-6-4-3-5-7-14)22(29)19(20(16)27)21(28)23-11-18(25)26/h3-10,13,27H,11-12H2,1-2H3,(H,23,28)(H,25,26). The minimum absolute atomic E-state index is 0.0913. The number of carbonyl (C=O) groups is 2. The van der Waals surface area contributed by atoms with Crippen molar-refractivity contribution in [3.63, 3.8) is 0 Å². The van der Waals surface area contributed by atoms with Crippen LogP contribution in [0.4, 0.5) is 0 Å². The van der Waals surface area contributed by atoms with Crippen LogP contribution in [0.15, 0.2) is 53.3 Å². The van der Waals surface area contributed by atoms with Gasteiger partial charge in [-0.05, 0) is 31.5 Å². The average molecular weight is 410 g/mol. The predicted octanol–water partition coefficient (Wildman–Crippen LogP) is 2.36. The van der Waals surface area contributed by atoms with Crippen molar-refractivity contribution in [3.05, 3.63) is 70.0 Å². The van der Waals surface area contributed by atoms with E-state index in [4.69, 9.17) is 9.84 Å². The molecule has 1 heterocycles. The van der Waals surface area contributed by atoms with E-state index in [2.05, 4.69) is 5.32 Å². The van der Waals surface area contributed by atoms with Gasteiger partial charge in [-0.2, -0.15) is 0 Å². The summed E-state index contributed by atoms with van der Waals surface area (Å²) in [6, 6.07) is 14.0. The third-order valence-electron chi connectivity index (χ3n) is 4.39. The first-order chi connectivity index (χ1) is 14.3. The molecule has 1 amide bonds. The normalized spacial score (nSPS) is 10.9. The first-order valence-electron chi connectivity index (χ1n) is 9.38. The Labute approximate surface area is 172 Å². The molecule has 0 saturated heterocycles. The van der Waals surface area contributed by atoms with Crippen LogP contribution in [-0.2, 0) is 11.3 Å². The largest absolute Gasteiger partial charge is 0.506 e. The Morgan fingerprint density at radius 1 is 1.13 bits per heavy atom. The second-order valence-corrected chi connectivity index (χ2v) is 7.02. The van der Waals surface area contributed by atoms with E-state index in [1.807, 2.05) is 44.2 Å². The summed E-state index contributed by atoms with van der Waals surface area (Å²) in [7, 11) is 0. The Kier molecular flexibility index (Phi) is 6.06. The van der Waals surface area contributed by atoms with Crippen molar-refractivity contribution in [3.8, 4) is 11.5 Å². The number of nitrogens with zero attached hydrogens (tertiary/aromatic N) is 1. The number of aromatic hydroxyl groups is 1. The second kappa shape index (κ2) is 8.69. The Hall–Kier alpha value is -3.81. The van der Waals surface area contributed by atoms with Crippen molar-refractivity contribution in [2.24, 2.45) is 0 Å². The van der Waals surface area contributed by atoms with Gasteiger partial charge >= 0.3 is 5.97 Å². The number of amides is 1. The van der Waals surface area contributed by atoms with Crippen molar-refractivity contribution < 1.29 is 24.5 Å². The minimum atomic E-state index is -1.26. The molecule has 8 heteroatoms. The molecule has 0 fully saturated rings. The van der Waals surface area contributed by atoms with E-state index in [0.29, 0.717) is 11.3 Å². The zero-order valence-corrected chi connectivity index (χ0v) is 16.6. The van der Waals surface area contributed by atoms with E-state index < -0.39 is 35.3 Å². The van der Waals surface area contributed by atoms with Crippen molar-refractivity contribution >= 4 is 22.8 Å². The maximum atomic E-state index is 13.2.